The van der Waals surface area contributed by atoms with Crippen molar-refractivity contribution >= 4 is 15.6 Å². The zero-order chi connectivity index (χ0) is 9.24. The van der Waals surface area contributed by atoms with Crippen LogP contribution in [0.25, 0.3) is 0 Å². The fraction of sp³-hybridized carbons (Fsp3) is 0. The zero-order valence-electron chi connectivity index (χ0n) is 5.28. The van der Waals surface area contributed by atoms with E-state index >= 15 is 0 Å². The van der Waals surface area contributed by atoms with Crippen molar-refractivity contribution in [2.45, 2.75) is 0 Å². The quantitative estimate of drug-likeness (QED) is 0.300. The molecule has 0 aromatic carbocycles. The molecule has 1 radical (unpaired) electrons. The smallest absolute Gasteiger partial charge is 0.753 e. The molecule has 0 aromatic rings. The SMILES string of the molecule is O=P1([O-])OOO1.O=P1([O-])OOO1.[Cu+2]. The van der Waals surface area contributed by atoms with Gasteiger partial charge in [0.25, 0.3) is 0 Å². The Morgan fingerprint density at radius 1 is 0.769 bits per heavy atom. The first-order valence-corrected chi connectivity index (χ1v) is 5.05. The van der Waals surface area contributed by atoms with Gasteiger partial charge in [0.1, 0.15) is 0 Å². The summed E-state index contributed by atoms with van der Waals surface area (Å²) in [6, 6.07) is 0. The molecule has 2 saturated heterocycles. The van der Waals surface area contributed by atoms with Gasteiger partial charge in [-0.1, -0.05) is 10.1 Å². The Morgan fingerprint density at radius 3 is 0.923 bits per heavy atom. The summed E-state index contributed by atoms with van der Waals surface area (Å²) < 4.78 is 32.7. The predicted octanol–water partition coefficient (Wildman–Crippen LogP) is -1.31. The van der Waals surface area contributed by atoms with E-state index in [0.29, 0.717) is 0 Å². The molecule has 2 aliphatic heterocycles. The van der Waals surface area contributed by atoms with Gasteiger partial charge in [-0.15, -0.1) is 18.7 Å². The molecule has 2 fully saturated rings. The van der Waals surface area contributed by atoms with Crippen LogP contribution in [0.2, 0.25) is 0 Å². The molecule has 0 aliphatic carbocycles. The van der Waals surface area contributed by atoms with Crippen LogP contribution in [0.4, 0.5) is 0 Å². The molecular formula is CuO10P2. The van der Waals surface area contributed by atoms with E-state index in [2.05, 4.69) is 28.8 Å². The van der Waals surface area contributed by atoms with Crippen LogP contribution in [0.1, 0.15) is 0 Å². The maximum absolute atomic E-state index is 9.55. The minimum atomic E-state index is -3.94. The van der Waals surface area contributed by atoms with Crippen LogP contribution in [0.5, 0.6) is 0 Å². The Labute approximate surface area is 81.1 Å². The second-order valence-electron chi connectivity index (χ2n) is 1.33. The Balaban J connectivity index is 0.000000206. The van der Waals surface area contributed by atoms with Crippen LogP contribution in [-0.4, -0.2) is 0 Å². The first-order chi connectivity index (χ1) is 5.41. The number of hydrogen-bond donors (Lipinski definition) is 0. The number of rotatable bonds is 0. The van der Waals surface area contributed by atoms with E-state index in [1.54, 1.807) is 0 Å². The standard InChI is InChI=1S/Cu.2HO5P/c;2*1-6(2)4-3-5-6/h;2*(H,1,2)/q+2;;/p-2. The summed E-state index contributed by atoms with van der Waals surface area (Å²) in [7, 11) is -7.88. The van der Waals surface area contributed by atoms with Crippen molar-refractivity contribution in [3.05, 3.63) is 0 Å². The first kappa shape index (κ1) is 13.7. The summed E-state index contributed by atoms with van der Waals surface area (Å²) in [4.78, 5) is 19.1. The van der Waals surface area contributed by atoms with E-state index in [0.717, 1.165) is 0 Å². The van der Waals surface area contributed by atoms with Gasteiger partial charge in [-0.25, -0.2) is 0 Å². The largest absolute Gasteiger partial charge is 2.00 e. The van der Waals surface area contributed by atoms with E-state index in [1.807, 2.05) is 0 Å². The average Bonchev–Trinajstić information content (AvgIpc) is 1.83. The monoisotopic (exact) mass is 285 g/mol. The normalized spacial score (nSPS) is 26.6. The molecule has 0 spiro atoms. The van der Waals surface area contributed by atoms with E-state index < -0.39 is 15.6 Å². The van der Waals surface area contributed by atoms with Crippen LogP contribution in [-0.2, 0) is 55.0 Å². The third-order valence-electron chi connectivity index (χ3n) is 0.487. The summed E-state index contributed by atoms with van der Waals surface area (Å²) in [6.45, 7) is 0. The average molecular weight is 285 g/mol. The molecule has 0 atom stereocenters. The first-order valence-electron chi connectivity index (χ1n) is 2.13. The van der Waals surface area contributed by atoms with Crippen molar-refractivity contribution in [1.82, 2.24) is 0 Å². The predicted molar refractivity (Wildman–Crippen MR) is 21.7 cm³/mol. The molecule has 13 heavy (non-hydrogen) atoms. The summed E-state index contributed by atoms with van der Waals surface area (Å²) >= 11 is 0. The molecule has 2 rings (SSSR count). The van der Waals surface area contributed by atoms with E-state index in [-0.39, 0.29) is 17.1 Å². The van der Waals surface area contributed by atoms with Gasteiger partial charge >= 0.3 is 32.7 Å². The van der Waals surface area contributed by atoms with Crippen LogP contribution in [0.3, 0.4) is 0 Å². The van der Waals surface area contributed by atoms with Crippen LogP contribution in [0.15, 0.2) is 0 Å². The fourth-order valence-electron chi connectivity index (χ4n) is 0.160. The van der Waals surface area contributed by atoms with Crippen LogP contribution < -0.4 is 9.79 Å². The second-order valence-corrected chi connectivity index (χ2v) is 3.71. The van der Waals surface area contributed by atoms with Gasteiger partial charge in [0.2, 0.25) is 0 Å². The molecule has 10 nitrogen and oxygen atoms in total. The third kappa shape index (κ3) is 5.18. The molecule has 2 heterocycles. The molecule has 0 bridgehead atoms. The Morgan fingerprint density at radius 2 is 0.923 bits per heavy atom. The molecule has 0 unspecified atom stereocenters. The number of phosphoric acid groups is 2. The minimum absolute atomic E-state index is 0. The molecule has 81 valence electrons. The molecule has 0 amide bonds. The van der Waals surface area contributed by atoms with Gasteiger partial charge in [-0.05, 0) is 0 Å². The van der Waals surface area contributed by atoms with Gasteiger partial charge in [-0.2, -0.15) is 0 Å². The second kappa shape index (κ2) is 4.94. The fourth-order valence-corrected chi connectivity index (χ4v) is 0.481. The molecular weight excluding hydrogens is 285 g/mol. The van der Waals surface area contributed by atoms with Crippen molar-refractivity contribution in [3.63, 3.8) is 0 Å². The Bertz CT molecular complexity index is 203. The van der Waals surface area contributed by atoms with Gasteiger partial charge in [0.05, 0.1) is 0 Å². The van der Waals surface area contributed by atoms with Crippen molar-refractivity contribution < 1.29 is 64.8 Å². The summed E-state index contributed by atoms with van der Waals surface area (Å²) in [5, 5.41) is 6.72. The van der Waals surface area contributed by atoms with Gasteiger partial charge in [0.15, 0.2) is 0 Å². The Kier molecular flexibility index (Phi) is 5.19. The Hall–Kier alpha value is 0.659. The van der Waals surface area contributed by atoms with Crippen molar-refractivity contribution in [1.29, 1.82) is 0 Å². The van der Waals surface area contributed by atoms with Crippen LogP contribution in [0, 0.1) is 0 Å². The molecule has 13 heteroatoms. The van der Waals surface area contributed by atoms with Gasteiger partial charge in [0, 0.05) is 0 Å². The topological polar surface area (TPSA) is 136 Å². The summed E-state index contributed by atoms with van der Waals surface area (Å²) in [5.41, 5.74) is 0. The molecule has 0 saturated carbocycles. The summed E-state index contributed by atoms with van der Waals surface area (Å²) in [6.07, 6.45) is 0. The third-order valence-corrected chi connectivity index (χ3v) is 1.46. The van der Waals surface area contributed by atoms with Crippen molar-refractivity contribution in [3.8, 4) is 0 Å². The minimum Gasteiger partial charge on any atom is -0.753 e. The molecule has 2 aliphatic rings. The number of hydrogen-bond acceptors (Lipinski definition) is 10. The van der Waals surface area contributed by atoms with Crippen molar-refractivity contribution in [2.75, 3.05) is 0 Å². The van der Waals surface area contributed by atoms with Crippen LogP contribution >= 0.6 is 15.6 Å². The van der Waals surface area contributed by atoms with Crippen molar-refractivity contribution in [2.24, 2.45) is 0 Å². The zero-order valence-corrected chi connectivity index (χ0v) is 8.01. The van der Waals surface area contributed by atoms with Gasteiger partial charge in [-0.3, -0.25) is 9.13 Å². The molecule has 0 aromatic heterocycles. The van der Waals surface area contributed by atoms with E-state index in [9.17, 15) is 18.9 Å². The summed E-state index contributed by atoms with van der Waals surface area (Å²) in [5.74, 6) is 0. The molecule has 0 N–H and O–H groups in total. The maximum Gasteiger partial charge on any atom is 2.00 e. The van der Waals surface area contributed by atoms with Gasteiger partial charge < -0.3 is 9.79 Å². The van der Waals surface area contributed by atoms with E-state index in [4.69, 9.17) is 0 Å². The van der Waals surface area contributed by atoms with E-state index in [1.165, 1.54) is 0 Å². The maximum atomic E-state index is 9.55.